The van der Waals surface area contributed by atoms with Gasteiger partial charge in [0.2, 0.25) is 5.91 Å². The number of nitrogens with one attached hydrogen (secondary N) is 2. The number of ether oxygens (including phenoxy) is 3. The molecule has 2 aromatic rings. The topological polar surface area (TPSA) is 184 Å². The van der Waals surface area contributed by atoms with Crippen LogP contribution in [-0.4, -0.2) is 50.2 Å². The summed E-state index contributed by atoms with van der Waals surface area (Å²) in [6.45, 7) is 0.623. The number of nitroso groups, excluding NO2 is 1. The fraction of sp³-hybridized carbons (Fsp3) is 0.273. The molecule has 0 aromatic heterocycles. The highest BCUT2D eigenvalue weighted by Gasteiger charge is 2.23. The van der Waals surface area contributed by atoms with Crippen molar-refractivity contribution in [3.63, 3.8) is 0 Å². The zero-order valence-electron chi connectivity index (χ0n) is 18.7. The summed E-state index contributed by atoms with van der Waals surface area (Å²) in [5, 5.41) is 20.5. The monoisotopic (exact) mass is 485 g/mol. The van der Waals surface area contributed by atoms with Gasteiger partial charge in [-0.05, 0) is 23.4 Å². The van der Waals surface area contributed by atoms with E-state index in [1.807, 2.05) is 0 Å². The highest BCUT2D eigenvalue weighted by atomic mass is 16.6. The number of primary amides is 1. The maximum absolute atomic E-state index is 12.0. The molecule has 0 atom stereocenters. The third-order valence-electron chi connectivity index (χ3n) is 4.93. The van der Waals surface area contributed by atoms with E-state index < -0.39 is 16.8 Å². The second-order valence-corrected chi connectivity index (χ2v) is 7.22. The molecule has 35 heavy (non-hydrogen) atoms. The van der Waals surface area contributed by atoms with Crippen LogP contribution in [0.4, 0.5) is 22.7 Å². The van der Waals surface area contributed by atoms with Gasteiger partial charge in [0.15, 0.2) is 5.69 Å². The molecule has 0 spiro atoms. The Bertz CT molecular complexity index is 1180. The van der Waals surface area contributed by atoms with Gasteiger partial charge in [0, 0.05) is 31.1 Å². The van der Waals surface area contributed by atoms with Crippen molar-refractivity contribution in [3.8, 4) is 11.5 Å². The lowest BCUT2D eigenvalue weighted by Gasteiger charge is -2.16. The van der Waals surface area contributed by atoms with Crippen LogP contribution in [0.5, 0.6) is 11.5 Å². The third-order valence-corrected chi connectivity index (χ3v) is 4.93. The normalized spacial score (nSPS) is 14.5. The zero-order chi connectivity index (χ0) is 25.4. The molecule has 0 radical (unpaired) electrons. The number of hydrogen-bond acceptors (Lipinski definition) is 11. The fourth-order valence-corrected chi connectivity index (χ4v) is 3.29. The quantitative estimate of drug-likeness (QED) is 0.191. The summed E-state index contributed by atoms with van der Waals surface area (Å²) in [4.78, 5) is 46.0. The first-order valence-corrected chi connectivity index (χ1v) is 10.5. The van der Waals surface area contributed by atoms with Crippen LogP contribution in [-0.2, 0) is 4.74 Å². The SMILES string of the molecule is COC(=O)c1cc(N=O)c2c(c1)OCCCOc1cc(C(N)=O)cc([N+](=O)[O-])c1NC/C=C/CN2. The van der Waals surface area contributed by atoms with E-state index in [0.717, 1.165) is 6.07 Å². The maximum Gasteiger partial charge on any atom is 0.338 e. The molecule has 0 bridgehead atoms. The Balaban J connectivity index is 1.92. The first-order chi connectivity index (χ1) is 16.8. The van der Waals surface area contributed by atoms with Gasteiger partial charge in [0.25, 0.3) is 5.69 Å². The average Bonchev–Trinajstić information content (AvgIpc) is 2.85. The molecule has 1 heterocycles. The lowest BCUT2D eigenvalue weighted by molar-refractivity contribution is -0.384. The Hall–Kier alpha value is -4.68. The number of nitrogens with two attached hydrogens (primary N) is 1. The molecule has 13 nitrogen and oxygen atoms in total. The van der Waals surface area contributed by atoms with Gasteiger partial charge in [-0.1, -0.05) is 12.2 Å². The third kappa shape index (κ3) is 6.01. The second kappa shape index (κ2) is 11.4. The molecule has 13 heteroatoms. The minimum Gasteiger partial charge on any atom is -0.491 e. The number of hydrogen-bond donors (Lipinski definition) is 3. The maximum atomic E-state index is 12.0. The molecule has 184 valence electrons. The number of methoxy groups -OCH3 is 1. The number of fused-ring (bicyclic) bond motifs is 2. The number of benzene rings is 2. The van der Waals surface area contributed by atoms with Gasteiger partial charge in [0.1, 0.15) is 22.9 Å². The van der Waals surface area contributed by atoms with Crippen molar-refractivity contribution in [2.24, 2.45) is 10.9 Å². The summed E-state index contributed by atoms with van der Waals surface area (Å²) in [5.74, 6) is -1.18. The van der Waals surface area contributed by atoms with E-state index in [0.29, 0.717) is 12.1 Å². The van der Waals surface area contributed by atoms with Gasteiger partial charge >= 0.3 is 5.97 Å². The van der Waals surface area contributed by atoms with Gasteiger partial charge in [-0.3, -0.25) is 14.9 Å². The Morgan fingerprint density at radius 1 is 1.03 bits per heavy atom. The Labute approximate surface area is 199 Å². The number of nitrogens with zero attached hydrogens (tertiary/aromatic N) is 2. The lowest BCUT2D eigenvalue weighted by atomic mass is 10.1. The molecule has 4 N–H and O–H groups in total. The van der Waals surface area contributed by atoms with Crippen molar-refractivity contribution in [2.45, 2.75) is 6.42 Å². The Kier molecular flexibility index (Phi) is 8.16. The first kappa shape index (κ1) is 25.0. The largest absolute Gasteiger partial charge is 0.491 e. The van der Waals surface area contributed by atoms with Crippen molar-refractivity contribution in [3.05, 3.63) is 62.6 Å². The van der Waals surface area contributed by atoms with E-state index in [9.17, 15) is 24.6 Å². The number of rotatable bonds is 4. The van der Waals surface area contributed by atoms with E-state index in [1.165, 1.54) is 25.3 Å². The summed E-state index contributed by atoms with van der Waals surface area (Å²) in [7, 11) is 1.21. The van der Waals surface area contributed by atoms with E-state index >= 15 is 0 Å². The lowest BCUT2D eigenvalue weighted by Crippen LogP contribution is -2.14. The van der Waals surface area contributed by atoms with Gasteiger partial charge in [0.05, 0.1) is 30.8 Å². The fourth-order valence-electron chi connectivity index (χ4n) is 3.29. The van der Waals surface area contributed by atoms with Crippen molar-refractivity contribution < 1.29 is 28.7 Å². The molecule has 0 saturated heterocycles. The number of anilines is 2. The van der Waals surface area contributed by atoms with Crippen LogP contribution in [0, 0.1) is 15.0 Å². The number of nitro benzene ring substituents is 1. The standard InChI is InChI=1S/C22H23N5O8/c1-33-22(29)14-9-15(26-30)19-17(12-14)34-7-4-8-35-18-11-13(21(23)28)10-16(27(31)32)20(18)25-6-3-2-5-24-19/h2-3,9-12,24-25H,4-8H2,1H3,(H2,23,28)/b3-2+. The highest BCUT2D eigenvalue weighted by molar-refractivity contribution is 5.96. The number of amides is 1. The second-order valence-electron chi connectivity index (χ2n) is 7.22. The minimum absolute atomic E-state index is 0.0306. The first-order valence-electron chi connectivity index (χ1n) is 10.5. The van der Waals surface area contributed by atoms with Gasteiger partial charge in [-0.2, -0.15) is 0 Å². The smallest absolute Gasteiger partial charge is 0.338 e. The van der Waals surface area contributed by atoms with E-state index in [1.54, 1.807) is 12.2 Å². The summed E-state index contributed by atoms with van der Waals surface area (Å²) < 4.78 is 16.2. The van der Waals surface area contributed by atoms with Crippen LogP contribution in [0.25, 0.3) is 0 Å². The summed E-state index contributed by atoms with van der Waals surface area (Å²) in [5.41, 5.74) is 5.36. The molecule has 3 rings (SSSR count). The number of nitro groups is 1. The summed E-state index contributed by atoms with van der Waals surface area (Å²) >= 11 is 0. The Morgan fingerprint density at radius 2 is 1.63 bits per heavy atom. The van der Waals surface area contributed by atoms with Crippen LogP contribution in [0.3, 0.4) is 0 Å². The molecule has 1 aliphatic heterocycles. The molecule has 0 saturated carbocycles. The predicted octanol–water partition coefficient (Wildman–Crippen LogP) is 3.12. The van der Waals surface area contributed by atoms with E-state index in [4.69, 9.17) is 19.9 Å². The highest BCUT2D eigenvalue weighted by Crippen LogP contribution is 2.38. The van der Waals surface area contributed by atoms with Crippen molar-refractivity contribution in [1.82, 2.24) is 0 Å². The van der Waals surface area contributed by atoms with E-state index in [-0.39, 0.29) is 66.0 Å². The minimum atomic E-state index is -0.831. The molecule has 0 aliphatic carbocycles. The van der Waals surface area contributed by atoms with Gasteiger partial charge in [-0.15, -0.1) is 4.91 Å². The van der Waals surface area contributed by atoms with Crippen LogP contribution in [0.2, 0.25) is 0 Å². The average molecular weight is 485 g/mol. The summed E-state index contributed by atoms with van der Waals surface area (Å²) in [6, 6.07) is 5.15. The molecular formula is C22H23N5O8. The number of esters is 1. The van der Waals surface area contributed by atoms with Crippen LogP contribution in [0.1, 0.15) is 27.1 Å². The zero-order valence-corrected chi connectivity index (χ0v) is 18.7. The van der Waals surface area contributed by atoms with Crippen LogP contribution in [0.15, 0.2) is 41.6 Å². The molecule has 2 aromatic carbocycles. The molecule has 0 fully saturated rings. The molecule has 1 amide bonds. The Morgan fingerprint density at radius 3 is 2.20 bits per heavy atom. The van der Waals surface area contributed by atoms with Crippen LogP contribution >= 0.6 is 0 Å². The number of carbonyl (C=O) groups is 2. The van der Waals surface area contributed by atoms with E-state index in [2.05, 4.69) is 15.8 Å². The summed E-state index contributed by atoms with van der Waals surface area (Å²) in [6.07, 6.45) is 3.72. The molecule has 1 aliphatic rings. The van der Waals surface area contributed by atoms with Crippen molar-refractivity contribution in [1.29, 1.82) is 0 Å². The van der Waals surface area contributed by atoms with Gasteiger partial charge in [-0.25, -0.2) is 4.79 Å². The number of carbonyl (C=O) groups excluding carboxylic acids is 2. The van der Waals surface area contributed by atoms with Crippen LogP contribution < -0.4 is 25.8 Å². The molecule has 0 unspecified atom stereocenters. The molecular weight excluding hydrogens is 462 g/mol. The van der Waals surface area contributed by atoms with Gasteiger partial charge < -0.3 is 30.6 Å². The van der Waals surface area contributed by atoms with Crippen molar-refractivity contribution >= 4 is 34.6 Å². The van der Waals surface area contributed by atoms with Crippen molar-refractivity contribution in [2.75, 3.05) is 44.0 Å². The predicted molar refractivity (Wildman–Crippen MR) is 127 cm³/mol.